The molecule has 2 unspecified atom stereocenters. The lowest BCUT2D eigenvalue weighted by Crippen LogP contribution is -2.39. The summed E-state index contributed by atoms with van der Waals surface area (Å²) < 4.78 is 13.2. The van der Waals surface area contributed by atoms with E-state index in [0.717, 1.165) is 35.7 Å². The van der Waals surface area contributed by atoms with Crippen LogP contribution in [0.15, 0.2) is 24.4 Å². The van der Waals surface area contributed by atoms with Gasteiger partial charge in [0, 0.05) is 42.1 Å². The molecule has 2 bridgehead atoms. The highest BCUT2D eigenvalue weighted by Crippen LogP contribution is 2.32. The average molecular weight is 329 g/mol. The second-order valence-electron chi connectivity index (χ2n) is 7.28. The first-order valence-corrected chi connectivity index (χ1v) is 8.95. The largest absolute Gasteiger partial charge is 0.361 e. The number of aromatic nitrogens is 1. The quantitative estimate of drug-likeness (QED) is 0.790. The fourth-order valence-electron chi connectivity index (χ4n) is 4.38. The molecule has 2 atom stereocenters. The first-order valence-electron chi connectivity index (χ1n) is 8.95. The number of hydrogen-bond acceptors (Lipinski definition) is 2. The minimum Gasteiger partial charge on any atom is -0.361 e. The molecule has 2 fully saturated rings. The van der Waals surface area contributed by atoms with Gasteiger partial charge in [0.1, 0.15) is 5.82 Å². The predicted molar refractivity (Wildman–Crippen MR) is 92.3 cm³/mol. The molecule has 0 aliphatic carbocycles. The molecule has 0 spiro atoms. The molecule has 5 heteroatoms. The third kappa shape index (κ3) is 3.31. The zero-order valence-corrected chi connectivity index (χ0v) is 13.8. The van der Waals surface area contributed by atoms with Crippen molar-refractivity contribution in [1.29, 1.82) is 0 Å². The molecule has 0 saturated carbocycles. The molecule has 24 heavy (non-hydrogen) atoms. The highest BCUT2D eigenvalue weighted by Gasteiger charge is 2.34. The van der Waals surface area contributed by atoms with Gasteiger partial charge >= 0.3 is 0 Å². The Balaban J connectivity index is 1.26. The van der Waals surface area contributed by atoms with Crippen LogP contribution in [0.4, 0.5) is 4.39 Å². The fourth-order valence-corrected chi connectivity index (χ4v) is 4.38. The number of amides is 1. The van der Waals surface area contributed by atoms with E-state index in [9.17, 15) is 9.18 Å². The molecular weight excluding hydrogens is 305 g/mol. The number of carbonyl (C=O) groups is 1. The third-order valence-corrected chi connectivity index (χ3v) is 5.49. The molecule has 4 nitrogen and oxygen atoms in total. The summed E-state index contributed by atoms with van der Waals surface area (Å²) in [5, 5.41) is 7.69. The fraction of sp³-hybridized carbons (Fsp3) is 0.526. The van der Waals surface area contributed by atoms with E-state index >= 15 is 0 Å². The molecule has 3 N–H and O–H groups in total. The standard InChI is InChI=1S/C19H24FN3O/c20-14-1-4-17-13(11-22-18(17)10-14)5-6-21-19(24)9-12-7-15-2-3-16(8-12)23-15/h1,4,10-12,15-16,22-23H,2-3,5-9H2,(H,21,24). The zero-order valence-electron chi connectivity index (χ0n) is 13.8. The lowest BCUT2D eigenvalue weighted by atomic mass is 9.89. The van der Waals surface area contributed by atoms with Crippen molar-refractivity contribution in [2.45, 2.75) is 50.6 Å². The van der Waals surface area contributed by atoms with E-state index < -0.39 is 0 Å². The number of aromatic amines is 1. The van der Waals surface area contributed by atoms with Gasteiger partial charge in [-0.3, -0.25) is 4.79 Å². The lowest BCUT2D eigenvalue weighted by Gasteiger charge is -2.28. The molecule has 2 aromatic rings. The van der Waals surface area contributed by atoms with Crippen molar-refractivity contribution in [2.24, 2.45) is 5.92 Å². The molecule has 1 aromatic carbocycles. The maximum Gasteiger partial charge on any atom is 0.220 e. The Morgan fingerprint density at radius 1 is 1.25 bits per heavy atom. The second kappa shape index (κ2) is 6.55. The Morgan fingerprint density at radius 2 is 2.04 bits per heavy atom. The van der Waals surface area contributed by atoms with Crippen molar-refractivity contribution >= 4 is 16.8 Å². The smallest absolute Gasteiger partial charge is 0.220 e. The molecule has 0 radical (unpaired) electrons. The molecule has 4 rings (SSSR count). The van der Waals surface area contributed by atoms with Crippen LogP contribution in [0.2, 0.25) is 0 Å². The van der Waals surface area contributed by atoms with Gasteiger partial charge in [-0.05, 0) is 61.8 Å². The summed E-state index contributed by atoms with van der Waals surface area (Å²) in [6, 6.07) is 6.04. The van der Waals surface area contributed by atoms with E-state index in [0.29, 0.717) is 31.0 Å². The molecular formula is C19H24FN3O. The van der Waals surface area contributed by atoms with Gasteiger partial charge < -0.3 is 15.6 Å². The number of nitrogens with one attached hydrogen (secondary N) is 3. The van der Waals surface area contributed by atoms with Gasteiger partial charge in [-0.25, -0.2) is 4.39 Å². The molecule has 2 aliphatic heterocycles. The van der Waals surface area contributed by atoms with Gasteiger partial charge in [0.25, 0.3) is 0 Å². The van der Waals surface area contributed by atoms with Gasteiger partial charge in [-0.15, -0.1) is 0 Å². The number of fused-ring (bicyclic) bond motifs is 3. The topological polar surface area (TPSA) is 56.9 Å². The van der Waals surface area contributed by atoms with Gasteiger partial charge in [0.15, 0.2) is 0 Å². The Labute approximate surface area is 141 Å². The monoisotopic (exact) mass is 329 g/mol. The summed E-state index contributed by atoms with van der Waals surface area (Å²) in [6.07, 6.45) is 8.12. The maximum absolute atomic E-state index is 13.2. The second-order valence-corrected chi connectivity index (χ2v) is 7.28. The van der Waals surface area contributed by atoms with Gasteiger partial charge in [-0.1, -0.05) is 0 Å². The number of carbonyl (C=O) groups excluding carboxylic acids is 1. The van der Waals surface area contributed by atoms with Crippen molar-refractivity contribution in [3.63, 3.8) is 0 Å². The SMILES string of the molecule is O=C(CC1CC2CCC(C1)N2)NCCc1c[nH]c2cc(F)ccc12. The van der Waals surface area contributed by atoms with Crippen LogP contribution >= 0.6 is 0 Å². The Bertz CT molecular complexity index is 729. The molecule has 2 saturated heterocycles. The minimum absolute atomic E-state index is 0.159. The molecule has 1 aromatic heterocycles. The predicted octanol–water partition coefficient (Wildman–Crippen LogP) is 2.89. The summed E-state index contributed by atoms with van der Waals surface area (Å²) in [5.74, 6) is 0.451. The molecule has 128 valence electrons. The molecule has 2 aliphatic rings. The summed E-state index contributed by atoms with van der Waals surface area (Å²) in [7, 11) is 0. The number of H-pyrrole nitrogens is 1. The van der Waals surface area contributed by atoms with Crippen molar-refractivity contribution in [3.05, 3.63) is 35.8 Å². The van der Waals surface area contributed by atoms with Crippen LogP contribution < -0.4 is 10.6 Å². The van der Waals surface area contributed by atoms with Crippen LogP contribution in [0.5, 0.6) is 0 Å². The number of halogens is 1. The summed E-state index contributed by atoms with van der Waals surface area (Å²) in [5.41, 5.74) is 1.92. The summed E-state index contributed by atoms with van der Waals surface area (Å²) in [4.78, 5) is 15.3. The normalized spacial score (nSPS) is 26.0. The first kappa shape index (κ1) is 15.6. The van der Waals surface area contributed by atoms with E-state index in [2.05, 4.69) is 15.6 Å². The highest BCUT2D eigenvalue weighted by molar-refractivity contribution is 5.83. The van der Waals surface area contributed by atoms with Crippen molar-refractivity contribution in [2.75, 3.05) is 6.54 Å². The number of piperidine rings is 1. The van der Waals surface area contributed by atoms with Gasteiger partial charge in [0.05, 0.1) is 0 Å². The van der Waals surface area contributed by atoms with E-state index in [1.54, 1.807) is 6.07 Å². The average Bonchev–Trinajstić information content (AvgIpc) is 3.10. The minimum atomic E-state index is -0.236. The van der Waals surface area contributed by atoms with E-state index in [1.165, 1.54) is 25.0 Å². The van der Waals surface area contributed by atoms with Gasteiger partial charge in [-0.2, -0.15) is 0 Å². The van der Waals surface area contributed by atoms with Crippen LogP contribution in [0.1, 0.15) is 37.7 Å². The van der Waals surface area contributed by atoms with Crippen molar-refractivity contribution in [1.82, 2.24) is 15.6 Å². The van der Waals surface area contributed by atoms with Crippen molar-refractivity contribution in [3.8, 4) is 0 Å². The number of rotatable bonds is 5. The van der Waals surface area contributed by atoms with Crippen molar-refractivity contribution < 1.29 is 9.18 Å². The third-order valence-electron chi connectivity index (χ3n) is 5.49. The van der Waals surface area contributed by atoms with Crippen LogP contribution in [-0.4, -0.2) is 29.5 Å². The first-order chi connectivity index (χ1) is 11.7. The molecule has 1 amide bonds. The van der Waals surface area contributed by atoms with E-state index in [4.69, 9.17) is 0 Å². The zero-order chi connectivity index (χ0) is 16.5. The van der Waals surface area contributed by atoms with E-state index in [1.807, 2.05) is 6.20 Å². The van der Waals surface area contributed by atoms with Crippen LogP contribution in [0.3, 0.4) is 0 Å². The Kier molecular flexibility index (Phi) is 4.27. The summed E-state index contributed by atoms with van der Waals surface area (Å²) in [6.45, 7) is 0.626. The number of hydrogen-bond donors (Lipinski definition) is 3. The number of benzene rings is 1. The highest BCUT2D eigenvalue weighted by atomic mass is 19.1. The van der Waals surface area contributed by atoms with Crippen LogP contribution in [0.25, 0.3) is 10.9 Å². The Morgan fingerprint density at radius 3 is 2.83 bits per heavy atom. The Hall–Kier alpha value is -1.88. The van der Waals surface area contributed by atoms with E-state index in [-0.39, 0.29) is 11.7 Å². The summed E-state index contributed by atoms with van der Waals surface area (Å²) >= 11 is 0. The van der Waals surface area contributed by atoms with Gasteiger partial charge in [0.2, 0.25) is 5.91 Å². The van der Waals surface area contributed by atoms with Crippen LogP contribution in [0, 0.1) is 11.7 Å². The van der Waals surface area contributed by atoms with Crippen LogP contribution in [-0.2, 0) is 11.2 Å². The lowest BCUT2D eigenvalue weighted by molar-refractivity contribution is -0.122. The maximum atomic E-state index is 13.2. The molecule has 3 heterocycles.